The van der Waals surface area contributed by atoms with E-state index in [1.54, 1.807) is 30.3 Å². The monoisotopic (exact) mass is 270 g/mol. The zero-order valence-electron chi connectivity index (χ0n) is 8.75. The Morgan fingerprint density at radius 1 is 1.06 bits per heavy atom. The lowest BCUT2D eigenvalue weighted by atomic mass is 10.0. The van der Waals surface area contributed by atoms with Gasteiger partial charge in [-0.1, -0.05) is 41.4 Å². The Labute approximate surface area is 108 Å². The molecule has 2 aromatic carbocycles. The summed E-state index contributed by atoms with van der Waals surface area (Å²) in [5.41, 5.74) is 1.22. The van der Waals surface area contributed by atoms with E-state index in [-0.39, 0.29) is 12.2 Å². The van der Waals surface area contributed by atoms with Crippen molar-refractivity contribution in [3.05, 3.63) is 57.8 Å². The van der Waals surface area contributed by atoms with Crippen LogP contribution in [0.15, 0.2) is 36.4 Å². The largest absolute Gasteiger partial charge is 0.392 e. The van der Waals surface area contributed by atoms with Crippen LogP contribution in [-0.4, -0.2) is 5.11 Å². The van der Waals surface area contributed by atoms with Gasteiger partial charge in [-0.3, -0.25) is 0 Å². The molecule has 0 spiro atoms. The number of halogens is 3. The standard InChI is InChI=1S/C13H9Cl2FO/c14-10-4-9(5-11(15)6-10)12-3-1-2-8(7-17)13(12)16/h1-6,17H,7H2. The maximum Gasteiger partial charge on any atom is 0.136 e. The Morgan fingerprint density at radius 2 is 1.71 bits per heavy atom. The molecule has 0 amide bonds. The predicted octanol–water partition coefficient (Wildman–Crippen LogP) is 4.29. The number of hydrogen-bond donors (Lipinski definition) is 1. The lowest BCUT2D eigenvalue weighted by Crippen LogP contribution is -1.93. The van der Waals surface area contributed by atoms with Crippen molar-refractivity contribution < 1.29 is 9.50 Å². The topological polar surface area (TPSA) is 20.2 Å². The summed E-state index contributed by atoms with van der Waals surface area (Å²) in [5, 5.41) is 9.90. The van der Waals surface area contributed by atoms with Gasteiger partial charge in [0.1, 0.15) is 5.82 Å². The molecule has 1 N–H and O–H groups in total. The van der Waals surface area contributed by atoms with Gasteiger partial charge in [0, 0.05) is 21.2 Å². The van der Waals surface area contributed by atoms with Crippen molar-refractivity contribution in [2.45, 2.75) is 6.61 Å². The Kier molecular flexibility index (Phi) is 3.67. The van der Waals surface area contributed by atoms with Crippen LogP contribution in [0.2, 0.25) is 10.0 Å². The molecule has 0 saturated carbocycles. The molecule has 2 aromatic rings. The van der Waals surface area contributed by atoms with Crippen molar-refractivity contribution in [3.8, 4) is 11.1 Å². The fourth-order valence-corrected chi connectivity index (χ4v) is 2.16. The molecule has 0 unspecified atom stereocenters. The van der Waals surface area contributed by atoms with Crippen LogP contribution in [0.25, 0.3) is 11.1 Å². The number of benzene rings is 2. The highest BCUT2D eigenvalue weighted by Crippen LogP contribution is 2.30. The van der Waals surface area contributed by atoms with Crippen LogP contribution in [0.1, 0.15) is 5.56 Å². The highest BCUT2D eigenvalue weighted by molar-refractivity contribution is 6.35. The van der Waals surface area contributed by atoms with Crippen molar-refractivity contribution in [1.29, 1.82) is 0 Å². The molecular formula is C13H9Cl2FO. The van der Waals surface area contributed by atoms with Gasteiger partial charge in [-0.25, -0.2) is 4.39 Å². The van der Waals surface area contributed by atoms with Crippen LogP contribution >= 0.6 is 23.2 Å². The molecule has 0 aromatic heterocycles. The van der Waals surface area contributed by atoms with Gasteiger partial charge < -0.3 is 5.11 Å². The van der Waals surface area contributed by atoms with E-state index < -0.39 is 5.82 Å². The van der Waals surface area contributed by atoms with Crippen LogP contribution in [0.5, 0.6) is 0 Å². The highest BCUT2D eigenvalue weighted by Gasteiger charge is 2.10. The molecule has 0 aliphatic heterocycles. The van der Waals surface area contributed by atoms with Gasteiger partial charge in [-0.15, -0.1) is 0 Å². The van der Waals surface area contributed by atoms with Crippen molar-refractivity contribution in [2.75, 3.05) is 0 Å². The van der Waals surface area contributed by atoms with Crippen LogP contribution in [0.3, 0.4) is 0 Å². The van der Waals surface area contributed by atoms with Gasteiger partial charge in [0.25, 0.3) is 0 Å². The normalized spacial score (nSPS) is 10.6. The maximum absolute atomic E-state index is 14.0. The molecule has 0 bridgehead atoms. The summed E-state index contributed by atoms with van der Waals surface area (Å²) in [6.45, 7) is -0.339. The molecule has 0 aliphatic rings. The van der Waals surface area contributed by atoms with Crippen molar-refractivity contribution >= 4 is 23.2 Å². The van der Waals surface area contributed by atoms with E-state index in [0.29, 0.717) is 21.2 Å². The van der Waals surface area contributed by atoms with Gasteiger partial charge in [-0.2, -0.15) is 0 Å². The van der Waals surface area contributed by atoms with E-state index in [0.717, 1.165) is 0 Å². The summed E-state index contributed by atoms with van der Waals surface area (Å²) >= 11 is 11.7. The lowest BCUT2D eigenvalue weighted by molar-refractivity contribution is 0.276. The molecule has 0 heterocycles. The third kappa shape index (κ3) is 2.60. The summed E-state index contributed by atoms with van der Waals surface area (Å²) in [4.78, 5) is 0. The molecule has 88 valence electrons. The smallest absolute Gasteiger partial charge is 0.136 e. The Hall–Kier alpha value is -1.09. The third-order valence-corrected chi connectivity index (χ3v) is 2.86. The first-order chi connectivity index (χ1) is 8.11. The van der Waals surface area contributed by atoms with E-state index >= 15 is 0 Å². The SMILES string of the molecule is OCc1cccc(-c2cc(Cl)cc(Cl)c2)c1F. The number of aliphatic hydroxyl groups is 1. The van der Waals surface area contributed by atoms with Crippen LogP contribution in [0.4, 0.5) is 4.39 Å². The molecule has 0 aliphatic carbocycles. The van der Waals surface area contributed by atoms with Crippen LogP contribution in [0, 0.1) is 5.82 Å². The van der Waals surface area contributed by atoms with Gasteiger partial charge in [0.05, 0.1) is 6.61 Å². The second kappa shape index (κ2) is 5.05. The summed E-state index contributed by atoms with van der Waals surface area (Å²) in [7, 11) is 0. The van der Waals surface area contributed by atoms with Crippen LogP contribution in [-0.2, 0) is 6.61 Å². The highest BCUT2D eigenvalue weighted by atomic mass is 35.5. The minimum atomic E-state index is -0.451. The summed E-state index contributed by atoms with van der Waals surface area (Å²) in [5.74, 6) is -0.451. The zero-order chi connectivity index (χ0) is 12.4. The fourth-order valence-electron chi connectivity index (χ4n) is 1.63. The quantitative estimate of drug-likeness (QED) is 0.863. The molecule has 0 saturated heterocycles. The van der Waals surface area contributed by atoms with Crippen molar-refractivity contribution in [2.24, 2.45) is 0 Å². The molecule has 0 fully saturated rings. The molecule has 2 rings (SSSR count). The summed E-state index contributed by atoms with van der Waals surface area (Å²) in [6, 6.07) is 9.68. The first kappa shape index (κ1) is 12.4. The van der Waals surface area contributed by atoms with E-state index in [1.807, 2.05) is 0 Å². The van der Waals surface area contributed by atoms with Crippen molar-refractivity contribution in [1.82, 2.24) is 0 Å². The first-order valence-electron chi connectivity index (χ1n) is 4.96. The summed E-state index contributed by atoms with van der Waals surface area (Å²) in [6.07, 6.45) is 0. The lowest BCUT2D eigenvalue weighted by Gasteiger charge is -2.07. The Morgan fingerprint density at radius 3 is 2.29 bits per heavy atom. The molecule has 4 heteroatoms. The van der Waals surface area contributed by atoms with E-state index in [1.165, 1.54) is 6.07 Å². The van der Waals surface area contributed by atoms with Gasteiger partial charge in [0.15, 0.2) is 0 Å². The van der Waals surface area contributed by atoms with E-state index in [2.05, 4.69) is 0 Å². The van der Waals surface area contributed by atoms with Crippen LogP contribution < -0.4 is 0 Å². The minimum absolute atomic E-state index is 0.249. The second-order valence-corrected chi connectivity index (χ2v) is 4.47. The number of hydrogen-bond acceptors (Lipinski definition) is 1. The molecule has 1 nitrogen and oxygen atoms in total. The minimum Gasteiger partial charge on any atom is -0.392 e. The molecule has 0 radical (unpaired) electrons. The Balaban J connectivity index is 2.60. The summed E-state index contributed by atoms with van der Waals surface area (Å²) < 4.78 is 14.0. The average molecular weight is 271 g/mol. The third-order valence-electron chi connectivity index (χ3n) is 2.42. The first-order valence-corrected chi connectivity index (χ1v) is 5.72. The van der Waals surface area contributed by atoms with E-state index in [9.17, 15) is 4.39 Å². The molecular weight excluding hydrogens is 262 g/mol. The predicted molar refractivity (Wildman–Crippen MR) is 67.8 cm³/mol. The van der Waals surface area contributed by atoms with E-state index in [4.69, 9.17) is 28.3 Å². The Bertz CT molecular complexity index is 535. The number of aliphatic hydroxyl groups excluding tert-OH is 1. The van der Waals surface area contributed by atoms with Gasteiger partial charge in [-0.05, 0) is 23.8 Å². The zero-order valence-corrected chi connectivity index (χ0v) is 10.3. The van der Waals surface area contributed by atoms with Gasteiger partial charge >= 0.3 is 0 Å². The molecule has 0 atom stereocenters. The second-order valence-electron chi connectivity index (χ2n) is 3.59. The number of rotatable bonds is 2. The fraction of sp³-hybridized carbons (Fsp3) is 0.0769. The van der Waals surface area contributed by atoms with Crippen molar-refractivity contribution in [3.63, 3.8) is 0 Å². The maximum atomic E-state index is 14.0. The average Bonchev–Trinajstić information content (AvgIpc) is 2.28. The molecule has 17 heavy (non-hydrogen) atoms. The van der Waals surface area contributed by atoms with Gasteiger partial charge in [0.2, 0.25) is 0 Å².